The fraction of sp³-hybridized carbons (Fsp3) is 0.278. The van der Waals surface area contributed by atoms with E-state index in [1.807, 2.05) is 60.7 Å². The topological polar surface area (TPSA) is 29.5 Å². The van der Waals surface area contributed by atoms with Gasteiger partial charge in [0.25, 0.3) is 0 Å². The molecule has 22 heavy (non-hydrogen) atoms. The van der Waals surface area contributed by atoms with E-state index in [1.165, 1.54) is 0 Å². The molecule has 1 heterocycles. The number of hydrogen-bond donors (Lipinski definition) is 0. The van der Waals surface area contributed by atoms with Gasteiger partial charge in [-0.25, -0.2) is 9.18 Å². The van der Waals surface area contributed by atoms with E-state index in [0.29, 0.717) is 6.42 Å². The first-order chi connectivity index (χ1) is 10.8. The van der Waals surface area contributed by atoms with Crippen molar-refractivity contribution < 1.29 is 13.9 Å². The lowest BCUT2D eigenvalue weighted by Gasteiger charge is -2.25. The zero-order chi connectivity index (χ0) is 15.1. The van der Waals surface area contributed by atoms with Gasteiger partial charge in [-0.2, -0.15) is 0 Å². The molecule has 1 saturated carbocycles. The molecule has 0 N–H and O–H groups in total. The molecule has 0 bridgehead atoms. The van der Waals surface area contributed by atoms with Crippen molar-refractivity contribution in [3.63, 3.8) is 0 Å². The van der Waals surface area contributed by atoms with Crippen LogP contribution >= 0.6 is 0 Å². The molecule has 3 nitrogen and oxygen atoms in total. The summed E-state index contributed by atoms with van der Waals surface area (Å²) < 4.78 is 19.2. The molecular weight excluding hydrogens is 281 g/mol. The molecule has 0 spiro atoms. The third-order valence-electron chi connectivity index (χ3n) is 4.33. The van der Waals surface area contributed by atoms with Gasteiger partial charge in [-0.1, -0.05) is 60.7 Å². The van der Waals surface area contributed by atoms with Crippen LogP contribution in [-0.4, -0.2) is 23.2 Å². The first-order valence-electron chi connectivity index (χ1n) is 7.48. The highest BCUT2D eigenvalue weighted by molar-refractivity contribution is 5.72. The second-order valence-electron chi connectivity index (χ2n) is 5.80. The molecule has 4 atom stereocenters. The molecule has 1 saturated heterocycles. The van der Waals surface area contributed by atoms with E-state index in [4.69, 9.17) is 4.74 Å². The van der Waals surface area contributed by atoms with Crippen LogP contribution in [0, 0.1) is 0 Å². The summed E-state index contributed by atoms with van der Waals surface area (Å²) in [5.41, 5.74) is 1.91. The quantitative estimate of drug-likeness (QED) is 0.856. The number of rotatable bonds is 3. The highest BCUT2D eigenvalue weighted by Crippen LogP contribution is 2.48. The average molecular weight is 297 g/mol. The maximum atomic E-state index is 13.6. The van der Waals surface area contributed by atoms with Gasteiger partial charge < -0.3 is 4.74 Å². The lowest BCUT2D eigenvalue weighted by atomic mass is 9.95. The van der Waals surface area contributed by atoms with E-state index in [9.17, 15) is 9.18 Å². The van der Waals surface area contributed by atoms with Crippen LogP contribution in [-0.2, 0) is 4.74 Å². The van der Waals surface area contributed by atoms with Crippen LogP contribution in [0.15, 0.2) is 60.7 Å². The number of carbonyl (C=O) groups is 1. The maximum Gasteiger partial charge on any atom is 0.411 e. The van der Waals surface area contributed by atoms with Crippen LogP contribution < -0.4 is 0 Å². The van der Waals surface area contributed by atoms with Crippen molar-refractivity contribution in [3.05, 3.63) is 71.8 Å². The summed E-state index contributed by atoms with van der Waals surface area (Å²) >= 11 is 0. The molecule has 2 fully saturated rings. The number of cyclic esters (lactones) is 1. The largest absolute Gasteiger partial charge is 0.439 e. The molecule has 1 aliphatic carbocycles. The molecule has 2 aromatic carbocycles. The van der Waals surface area contributed by atoms with Gasteiger partial charge in [0.05, 0.1) is 6.04 Å². The summed E-state index contributed by atoms with van der Waals surface area (Å²) in [6, 6.07) is 18.7. The highest BCUT2D eigenvalue weighted by Gasteiger charge is 2.54. The van der Waals surface area contributed by atoms with Crippen molar-refractivity contribution in [2.45, 2.75) is 30.8 Å². The molecule has 4 rings (SSSR count). The SMILES string of the molecule is O=C1O[C@@H](c2ccccc2)[C@@H](c2ccccc2)N1[C@@H]1C[C@H]1F. The van der Waals surface area contributed by atoms with Crippen LogP contribution in [0.25, 0.3) is 0 Å². The van der Waals surface area contributed by atoms with Crippen molar-refractivity contribution in [2.75, 3.05) is 0 Å². The van der Waals surface area contributed by atoms with Gasteiger partial charge in [0.2, 0.25) is 0 Å². The van der Waals surface area contributed by atoms with Crippen molar-refractivity contribution in [3.8, 4) is 0 Å². The molecule has 2 aliphatic rings. The lowest BCUT2D eigenvalue weighted by Crippen LogP contribution is -2.31. The van der Waals surface area contributed by atoms with Gasteiger partial charge >= 0.3 is 6.09 Å². The van der Waals surface area contributed by atoms with Gasteiger partial charge in [-0.05, 0) is 11.1 Å². The zero-order valence-electron chi connectivity index (χ0n) is 11.9. The Labute approximate surface area is 128 Å². The summed E-state index contributed by atoms with van der Waals surface area (Å²) in [5.74, 6) is 0. The predicted octanol–water partition coefficient (Wildman–Crippen LogP) is 4.03. The first-order valence-corrected chi connectivity index (χ1v) is 7.48. The lowest BCUT2D eigenvalue weighted by molar-refractivity contribution is 0.129. The number of amides is 1. The molecule has 112 valence electrons. The Kier molecular flexibility index (Phi) is 3.10. The third-order valence-corrected chi connectivity index (χ3v) is 4.33. The van der Waals surface area contributed by atoms with E-state index in [0.717, 1.165) is 11.1 Å². The van der Waals surface area contributed by atoms with Crippen LogP contribution in [0.1, 0.15) is 29.7 Å². The Bertz CT molecular complexity index is 676. The molecule has 1 aliphatic heterocycles. The van der Waals surface area contributed by atoms with E-state index in [1.54, 1.807) is 4.90 Å². The summed E-state index contributed by atoms with van der Waals surface area (Å²) in [4.78, 5) is 13.9. The van der Waals surface area contributed by atoms with Gasteiger partial charge in [0.1, 0.15) is 12.2 Å². The summed E-state index contributed by atoms with van der Waals surface area (Å²) in [7, 11) is 0. The Morgan fingerprint density at radius 1 is 0.955 bits per heavy atom. The van der Waals surface area contributed by atoms with Crippen molar-refractivity contribution in [2.24, 2.45) is 0 Å². The number of alkyl halides is 1. The second-order valence-corrected chi connectivity index (χ2v) is 5.80. The summed E-state index contributed by atoms with van der Waals surface area (Å²) in [6.45, 7) is 0. The number of hydrogen-bond acceptors (Lipinski definition) is 2. The molecule has 2 aromatic rings. The highest BCUT2D eigenvalue weighted by atomic mass is 19.1. The van der Waals surface area contributed by atoms with E-state index >= 15 is 0 Å². The fourth-order valence-electron chi connectivity index (χ4n) is 3.15. The molecule has 0 aromatic heterocycles. The van der Waals surface area contributed by atoms with Gasteiger partial charge in [0, 0.05) is 6.42 Å². The number of ether oxygens (including phenoxy) is 1. The minimum Gasteiger partial charge on any atom is -0.439 e. The minimum atomic E-state index is -0.937. The Hall–Kier alpha value is -2.36. The van der Waals surface area contributed by atoms with Crippen LogP contribution in [0.4, 0.5) is 9.18 Å². The minimum absolute atomic E-state index is 0.276. The van der Waals surface area contributed by atoms with Crippen molar-refractivity contribution in [1.82, 2.24) is 4.90 Å². The maximum absolute atomic E-state index is 13.6. The fourth-order valence-corrected chi connectivity index (χ4v) is 3.15. The monoisotopic (exact) mass is 297 g/mol. The Balaban J connectivity index is 1.76. The smallest absolute Gasteiger partial charge is 0.411 e. The average Bonchev–Trinajstić information content (AvgIpc) is 3.17. The number of nitrogens with zero attached hydrogens (tertiary/aromatic N) is 1. The number of benzene rings is 2. The third kappa shape index (κ3) is 2.15. The van der Waals surface area contributed by atoms with Gasteiger partial charge in [-0.15, -0.1) is 0 Å². The van der Waals surface area contributed by atoms with Crippen molar-refractivity contribution in [1.29, 1.82) is 0 Å². The van der Waals surface area contributed by atoms with Gasteiger partial charge in [-0.3, -0.25) is 4.90 Å². The predicted molar refractivity (Wildman–Crippen MR) is 80.0 cm³/mol. The van der Waals surface area contributed by atoms with E-state index in [-0.39, 0.29) is 12.1 Å². The Morgan fingerprint density at radius 3 is 2.05 bits per heavy atom. The van der Waals surface area contributed by atoms with Crippen LogP contribution in [0.5, 0.6) is 0 Å². The van der Waals surface area contributed by atoms with Crippen molar-refractivity contribution >= 4 is 6.09 Å². The molecule has 1 amide bonds. The summed E-state index contributed by atoms with van der Waals surface area (Å²) in [6.07, 6.45) is -1.36. The van der Waals surface area contributed by atoms with Crippen LogP contribution in [0.3, 0.4) is 0 Å². The Morgan fingerprint density at radius 2 is 1.50 bits per heavy atom. The molecule has 0 radical (unpaired) electrons. The standard InChI is InChI=1S/C18H16FNO2/c19-14-11-15(14)20-16(12-7-3-1-4-8-12)17(22-18(20)21)13-9-5-2-6-10-13/h1-10,14-17H,11H2/t14-,15-,16-,17+/m1/s1. The van der Waals surface area contributed by atoms with E-state index < -0.39 is 18.4 Å². The number of carbonyl (C=O) groups excluding carboxylic acids is 1. The summed E-state index contributed by atoms with van der Waals surface area (Å²) in [5, 5.41) is 0. The molecule has 4 heteroatoms. The first kappa shape index (κ1) is 13.3. The van der Waals surface area contributed by atoms with E-state index in [2.05, 4.69) is 0 Å². The second kappa shape index (κ2) is 5.13. The normalized spacial score (nSPS) is 30.2. The van der Waals surface area contributed by atoms with Gasteiger partial charge in [0.15, 0.2) is 6.10 Å². The zero-order valence-corrected chi connectivity index (χ0v) is 11.9. The molecule has 0 unspecified atom stereocenters. The molecular formula is C18H16FNO2. The van der Waals surface area contributed by atoms with Crippen LogP contribution in [0.2, 0.25) is 0 Å². The number of halogens is 1.